The summed E-state index contributed by atoms with van der Waals surface area (Å²) in [6.07, 6.45) is 2.32. The summed E-state index contributed by atoms with van der Waals surface area (Å²) in [5.74, 6) is 0.181. The summed E-state index contributed by atoms with van der Waals surface area (Å²) in [7, 11) is 0. The molecule has 0 aromatic heterocycles. The fourth-order valence-electron chi connectivity index (χ4n) is 1.20. The number of hydrogen-bond acceptors (Lipinski definition) is 2. The zero-order valence-electron chi connectivity index (χ0n) is 6.21. The minimum atomic E-state index is -0.127. The fraction of sp³-hybridized carbons (Fsp3) is 0.857. The zero-order valence-corrected chi connectivity index (χ0v) is 7.10. The van der Waals surface area contributed by atoms with E-state index >= 15 is 0 Å². The average Bonchev–Trinajstić information content (AvgIpc) is 2.36. The van der Waals surface area contributed by atoms with Gasteiger partial charge in [-0.2, -0.15) is 12.6 Å². The summed E-state index contributed by atoms with van der Waals surface area (Å²) in [5, 5.41) is -0.127. The lowest BCUT2D eigenvalue weighted by molar-refractivity contribution is -0.129. The first-order chi connectivity index (χ1) is 4.72. The molecular formula is C7H13NOS. The Morgan fingerprint density at radius 2 is 2.00 bits per heavy atom. The number of carbonyl (C=O) groups excluding carboxylic acids is 1. The van der Waals surface area contributed by atoms with Gasteiger partial charge in [0.25, 0.3) is 0 Å². The van der Waals surface area contributed by atoms with Gasteiger partial charge in [0.2, 0.25) is 5.91 Å². The molecule has 0 saturated carbocycles. The molecule has 2 nitrogen and oxygen atoms in total. The number of nitrogens with zero attached hydrogens (tertiary/aromatic N) is 1. The molecule has 0 aromatic rings. The van der Waals surface area contributed by atoms with Crippen LogP contribution < -0.4 is 0 Å². The molecule has 3 heteroatoms. The maximum Gasteiger partial charge on any atom is 0.235 e. The Labute approximate surface area is 67.0 Å². The van der Waals surface area contributed by atoms with E-state index in [9.17, 15) is 4.79 Å². The van der Waals surface area contributed by atoms with E-state index in [0.717, 1.165) is 25.9 Å². The monoisotopic (exact) mass is 159 g/mol. The Balaban J connectivity index is 2.40. The summed E-state index contributed by atoms with van der Waals surface area (Å²) in [4.78, 5) is 13.1. The second-order valence-corrected chi connectivity index (χ2v) is 3.48. The molecular weight excluding hydrogens is 146 g/mol. The molecule has 1 heterocycles. The number of thiol groups is 1. The van der Waals surface area contributed by atoms with Crippen LogP contribution in [-0.2, 0) is 4.79 Å². The van der Waals surface area contributed by atoms with E-state index in [4.69, 9.17) is 0 Å². The quantitative estimate of drug-likeness (QED) is 0.564. The van der Waals surface area contributed by atoms with E-state index in [0.29, 0.717) is 0 Å². The van der Waals surface area contributed by atoms with Gasteiger partial charge in [-0.25, -0.2) is 0 Å². The molecule has 0 unspecified atom stereocenters. The fourth-order valence-corrected chi connectivity index (χ4v) is 1.37. The largest absolute Gasteiger partial charge is 0.342 e. The second kappa shape index (κ2) is 3.28. The summed E-state index contributed by atoms with van der Waals surface area (Å²) < 4.78 is 0. The van der Waals surface area contributed by atoms with Gasteiger partial charge in [-0.05, 0) is 19.8 Å². The minimum Gasteiger partial charge on any atom is -0.342 e. The van der Waals surface area contributed by atoms with Crippen LogP contribution in [0, 0.1) is 0 Å². The normalized spacial score (nSPS) is 21.2. The molecule has 0 bridgehead atoms. The number of likely N-dealkylation sites (tertiary alicyclic amines) is 1. The van der Waals surface area contributed by atoms with E-state index in [1.807, 2.05) is 11.8 Å². The van der Waals surface area contributed by atoms with Crippen molar-refractivity contribution < 1.29 is 4.79 Å². The molecule has 1 aliphatic rings. The van der Waals surface area contributed by atoms with E-state index < -0.39 is 0 Å². The lowest BCUT2D eigenvalue weighted by Gasteiger charge is -2.16. The van der Waals surface area contributed by atoms with Gasteiger partial charge < -0.3 is 4.90 Å². The topological polar surface area (TPSA) is 20.3 Å². The minimum absolute atomic E-state index is 0.127. The van der Waals surface area contributed by atoms with Crippen LogP contribution in [0.3, 0.4) is 0 Å². The van der Waals surface area contributed by atoms with Crippen LogP contribution in [0.25, 0.3) is 0 Å². The molecule has 0 N–H and O–H groups in total. The maximum atomic E-state index is 11.2. The molecule has 1 aliphatic heterocycles. The van der Waals surface area contributed by atoms with Gasteiger partial charge >= 0.3 is 0 Å². The molecule has 1 rings (SSSR count). The summed E-state index contributed by atoms with van der Waals surface area (Å²) in [6.45, 7) is 3.69. The Morgan fingerprint density at radius 1 is 1.50 bits per heavy atom. The van der Waals surface area contributed by atoms with Crippen molar-refractivity contribution in [3.8, 4) is 0 Å². The molecule has 58 valence electrons. The summed E-state index contributed by atoms with van der Waals surface area (Å²) in [5.41, 5.74) is 0. The van der Waals surface area contributed by atoms with Crippen molar-refractivity contribution in [3.05, 3.63) is 0 Å². The zero-order chi connectivity index (χ0) is 7.56. The molecule has 0 radical (unpaired) electrons. The van der Waals surface area contributed by atoms with Crippen molar-refractivity contribution in [3.63, 3.8) is 0 Å². The van der Waals surface area contributed by atoms with Crippen LogP contribution in [0.15, 0.2) is 0 Å². The first-order valence-electron chi connectivity index (χ1n) is 3.68. The van der Waals surface area contributed by atoms with Crippen molar-refractivity contribution in [2.75, 3.05) is 13.1 Å². The van der Waals surface area contributed by atoms with Crippen molar-refractivity contribution in [1.82, 2.24) is 4.90 Å². The Bertz CT molecular complexity index is 130. The molecule has 10 heavy (non-hydrogen) atoms. The standard InChI is InChI=1S/C7H13NOS/c1-6(10)7(9)8-4-2-3-5-8/h6,10H,2-5H2,1H3/t6-/m1/s1. The van der Waals surface area contributed by atoms with Crippen LogP contribution >= 0.6 is 12.6 Å². The number of hydrogen-bond donors (Lipinski definition) is 1. The van der Waals surface area contributed by atoms with Crippen LogP contribution in [0.5, 0.6) is 0 Å². The molecule has 1 saturated heterocycles. The third kappa shape index (κ3) is 1.66. The Morgan fingerprint density at radius 3 is 2.40 bits per heavy atom. The molecule has 0 spiro atoms. The SMILES string of the molecule is C[C@@H](S)C(=O)N1CCCC1. The van der Waals surface area contributed by atoms with Crippen LogP contribution in [0.4, 0.5) is 0 Å². The molecule has 1 amide bonds. The van der Waals surface area contributed by atoms with Crippen LogP contribution in [-0.4, -0.2) is 29.1 Å². The van der Waals surface area contributed by atoms with Crippen molar-refractivity contribution in [1.29, 1.82) is 0 Å². The maximum absolute atomic E-state index is 11.2. The van der Waals surface area contributed by atoms with Crippen molar-refractivity contribution in [2.24, 2.45) is 0 Å². The van der Waals surface area contributed by atoms with Crippen molar-refractivity contribution >= 4 is 18.5 Å². The number of rotatable bonds is 1. The molecule has 0 aromatic carbocycles. The molecule has 1 atom stereocenters. The highest BCUT2D eigenvalue weighted by atomic mass is 32.1. The first-order valence-corrected chi connectivity index (χ1v) is 4.20. The lowest BCUT2D eigenvalue weighted by atomic mass is 10.4. The average molecular weight is 159 g/mol. The van der Waals surface area contributed by atoms with Gasteiger partial charge in [0.15, 0.2) is 0 Å². The highest BCUT2D eigenvalue weighted by molar-refractivity contribution is 7.81. The van der Waals surface area contributed by atoms with Gasteiger partial charge in [0.1, 0.15) is 0 Å². The first kappa shape index (κ1) is 7.92. The molecule has 0 aliphatic carbocycles. The summed E-state index contributed by atoms with van der Waals surface area (Å²) >= 11 is 4.08. The third-order valence-corrected chi connectivity index (χ3v) is 2.00. The predicted molar refractivity (Wildman–Crippen MR) is 44.3 cm³/mol. The van der Waals surface area contributed by atoms with E-state index in [1.165, 1.54) is 0 Å². The Kier molecular flexibility index (Phi) is 2.60. The van der Waals surface area contributed by atoms with E-state index in [2.05, 4.69) is 12.6 Å². The van der Waals surface area contributed by atoms with E-state index in [1.54, 1.807) is 0 Å². The molecule has 1 fully saturated rings. The van der Waals surface area contributed by atoms with Gasteiger partial charge in [0, 0.05) is 13.1 Å². The second-order valence-electron chi connectivity index (χ2n) is 2.71. The van der Waals surface area contributed by atoms with Crippen LogP contribution in [0.2, 0.25) is 0 Å². The van der Waals surface area contributed by atoms with Gasteiger partial charge in [0.05, 0.1) is 5.25 Å². The highest BCUT2D eigenvalue weighted by Gasteiger charge is 2.20. The van der Waals surface area contributed by atoms with Gasteiger partial charge in [-0.3, -0.25) is 4.79 Å². The number of carbonyl (C=O) groups is 1. The number of amides is 1. The van der Waals surface area contributed by atoms with Crippen molar-refractivity contribution in [2.45, 2.75) is 25.0 Å². The Hall–Kier alpha value is -0.180. The highest BCUT2D eigenvalue weighted by Crippen LogP contribution is 2.10. The van der Waals surface area contributed by atoms with Gasteiger partial charge in [-0.1, -0.05) is 0 Å². The van der Waals surface area contributed by atoms with Crippen LogP contribution in [0.1, 0.15) is 19.8 Å². The van der Waals surface area contributed by atoms with Gasteiger partial charge in [-0.15, -0.1) is 0 Å². The smallest absolute Gasteiger partial charge is 0.235 e. The predicted octanol–water partition coefficient (Wildman–Crippen LogP) is 0.927. The lowest BCUT2D eigenvalue weighted by Crippen LogP contribution is -2.32. The summed E-state index contributed by atoms with van der Waals surface area (Å²) in [6, 6.07) is 0. The third-order valence-electron chi connectivity index (χ3n) is 1.78. The van der Waals surface area contributed by atoms with E-state index in [-0.39, 0.29) is 11.2 Å².